The zero-order chi connectivity index (χ0) is 25.4. The molecule has 2 aromatic heterocycles. The lowest BCUT2D eigenvalue weighted by Gasteiger charge is -2.08. The fourth-order valence-corrected chi connectivity index (χ4v) is 6.95. The van der Waals surface area contributed by atoms with Gasteiger partial charge in [0.15, 0.2) is 5.82 Å². The summed E-state index contributed by atoms with van der Waals surface area (Å²) in [7, 11) is -3.85. The molecule has 1 fully saturated rings. The smallest absolute Gasteiger partial charge is 0.272 e. The van der Waals surface area contributed by atoms with Gasteiger partial charge in [-0.1, -0.05) is 49.7 Å². The number of nitrogens with zero attached hydrogens (tertiary/aromatic N) is 2. The average Bonchev–Trinajstić information content (AvgIpc) is 3.25. The second-order valence-corrected chi connectivity index (χ2v) is 12.8. The van der Waals surface area contributed by atoms with Crippen molar-refractivity contribution in [3.63, 3.8) is 0 Å². The van der Waals surface area contributed by atoms with Crippen LogP contribution in [0.2, 0.25) is 4.34 Å². The molecule has 2 unspecified atom stereocenters. The number of rotatable bonds is 9. The van der Waals surface area contributed by atoms with Crippen LogP contribution in [0.3, 0.4) is 0 Å². The molecule has 2 N–H and O–H groups in total. The number of halogens is 1. The maximum absolute atomic E-state index is 13.1. The number of anilines is 1. The van der Waals surface area contributed by atoms with Gasteiger partial charge in [0.25, 0.3) is 15.9 Å². The van der Waals surface area contributed by atoms with Crippen molar-refractivity contribution < 1.29 is 13.2 Å². The highest BCUT2D eigenvalue weighted by molar-refractivity contribution is 7.94. The second kappa shape index (κ2) is 9.88. The van der Waals surface area contributed by atoms with Crippen LogP contribution in [0.5, 0.6) is 0 Å². The first kappa shape index (κ1) is 24.8. The molecule has 0 saturated heterocycles. The summed E-state index contributed by atoms with van der Waals surface area (Å²) in [5.74, 6) is 1.10. The Morgan fingerprint density at radius 1 is 1.19 bits per heavy atom. The van der Waals surface area contributed by atoms with Gasteiger partial charge in [-0.25, -0.2) is 8.42 Å². The molecular formula is C26H27ClN4O3S2. The molecule has 5 rings (SSSR count). The van der Waals surface area contributed by atoms with Gasteiger partial charge in [0.1, 0.15) is 4.21 Å². The summed E-state index contributed by atoms with van der Waals surface area (Å²) in [6.45, 7) is 5.21. The van der Waals surface area contributed by atoms with E-state index in [9.17, 15) is 13.2 Å². The fourth-order valence-electron chi connectivity index (χ4n) is 4.46. The molecule has 188 valence electrons. The van der Waals surface area contributed by atoms with Crippen molar-refractivity contribution >= 4 is 55.6 Å². The standard InChI is InChI=1S/C26H27ClN4O3S2/c1-3-12-28-26(32)18-7-4-6-17(14-18)15-31-21-9-5-8-19(20-13-16(20)2)24(21)25(29-31)30-36(33,34)23-11-10-22(27)35-23/h4-11,14,16,20H,3,12-13,15H2,1-2H3,(H,28,32)(H,29,30). The van der Waals surface area contributed by atoms with Crippen LogP contribution in [0.15, 0.2) is 58.8 Å². The Kier molecular flexibility index (Phi) is 6.80. The van der Waals surface area contributed by atoms with E-state index in [1.54, 1.807) is 16.8 Å². The van der Waals surface area contributed by atoms with E-state index in [4.69, 9.17) is 16.7 Å². The van der Waals surface area contributed by atoms with Crippen molar-refractivity contribution in [3.8, 4) is 0 Å². The number of hydrogen-bond donors (Lipinski definition) is 2. The third kappa shape index (κ3) is 5.00. The summed E-state index contributed by atoms with van der Waals surface area (Å²) >= 11 is 7.00. The molecule has 10 heteroatoms. The van der Waals surface area contributed by atoms with Crippen LogP contribution in [0.25, 0.3) is 10.9 Å². The number of nitrogens with one attached hydrogen (secondary N) is 2. The van der Waals surface area contributed by atoms with E-state index >= 15 is 0 Å². The summed E-state index contributed by atoms with van der Waals surface area (Å²) in [5.41, 5.74) is 3.42. The highest BCUT2D eigenvalue weighted by Gasteiger charge is 2.36. The molecule has 0 bridgehead atoms. The third-order valence-electron chi connectivity index (χ3n) is 6.42. The Labute approximate surface area is 219 Å². The number of carbonyl (C=O) groups excluding carboxylic acids is 1. The molecule has 1 aliphatic carbocycles. The van der Waals surface area contributed by atoms with Gasteiger partial charge in [-0.2, -0.15) is 5.10 Å². The first-order chi connectivity index (χ1) is 17.3. The molecule has 2 atom stereocenters. The van der Waals surface area contributed by atoms with Gasteiger partial charge in [0.2, 0.25) is 0 Å². The van der Waals surface area contributed by atoms with Gasteiger partial charge in [0, 0.05) is 17.5 Å². The highest BCUT2D eigenvalue weighted by atomic mass is 35.5. The molecule has 1 saturated carbocycles. The Morgan fingerprint density at radius 3 is 2.67 bits per heavy atom. The van der Waals surface area contributed by atoms with E-state index in [1.807, 2.05) is 37.3 Å². The van der Waals surface area contributed by atoms with Crippen LogP contribution in [0, 0.1) is 5.92 Å². The average molecular weight is 543 g/mol. The monoisotopic (exact) mass is 542 g/mol. The Bertz CT molecular complexity index is 1540. The number of carbonyl (C=O) groups is 1. The maximum Gasteiger partial charge on any atom is 0.272 e. The van der Waals surface area contributed by atoms with Crippen molar-refractivity contribution in [3.05, 3.63) is 75.6 Å². The van der Waals surface area contributed by atoms with Crippen molar-refractivity contribution in [1.82, 2.24) is 15.1 Å². The molecule has 2 heterocycles. The SMILES string of the molecule is CCCNC(=O)c1cccc(Cn2nc(NS(=O)(=O)c3ccc(Cl)s3)c3c(C4CC4C)cccc32)c1. The van der Waals surface area contributed by atoms with Gasteiger partial charge in [0.05, 0.1) is 16.4 Å². The number of amides is 1. The Balaban J connectivity index is 1.54. The van der Waals surface area contributed by atoms with Crippen LogP contribution in [0.4, 0.5) is 5.82 Å². The lowest BCUT2D eigenvalue weighted by atomic mass is 10.0. The topological polar surface area (TPSA) is 93.1 Å². The van der Waals surface area contributed by atoms with Gasteiger partial charge in [-0.05, 0) is 66.1 Å². The molecule has 0 aliphatic heterocycles. The van der Waals surface area contributed by atoms with Crippen LogP contribution in [0.1, 0.15) is 54.1 Å². The molecule has 36 heavy (non-hydrogen) atoms. The van der Waals surface area contributed by atoms with Gasteiger partial charge in [-0.3, -0.25) is 14.2 Å². The van der Waals surface area contributed by atoms with E-state index in [0.717, 1.165) is 46.2 Å². The van der Waals surface area contributed by atoms with Gasteiger partial charge >= 0.3 is 0 Å². The summed E-state index contributed by atoms with van der Waals surface area (Å²) in [6.07, 6.45) is 1.93. The van der Waals surface area contributed by atoms with E-state index in [1.165, 1.54) is 6.07 Å². The van der Waals surface area contributed by atoms with Gasteiger partial charge in [-0.15, -0.1) is 11.3 Å². The molecule has 1 aliphatic rings. The Morgan fingerprint density at radius 2 is 1.97 bits per heavy atom. The van der Waals surface area contributed by atoms with E-state index < -0.39 is 10.0 Å². The number of hydrogen-bond acceptors (Lipinski definition) is 5. The number of thiophene rings is 1. The fraction of sp³-hybridized carbons (Fsp3) is 0.308. The Hall–Kier alpha value is -2.88. The highest BCUT2D eigenvalue weighted by Crippen LogP contribution is 2.50. The molecule has 2 aromatic carbocycles. The molecular weight excluding hydrogens is 516 g/mol. The number of fused-ring (bicyclic) bond motifs is 1. The van der Waals surface area contributed by atoms with Crippen LogP contribution >= 0.6 is 22.9 Å². The lowest BCUT2D eigenvalue weighted by molar-refractivity contribution is 0.0953. The van der Waals surface area contributed by atoms with Crippen molar-refractivity contribution in [2.24, 2.45) is 5.92 Å². The van der Waals surface area contributed by atoms with Crippen LogP contribution in [-0.4, -0.2) is 30.7 Å². The predicted octanol–water partition coefficient (Wildman–Crippen LogP) is 5.86. The molecule has 0 spiro atoms. The maximum atomic E-state index is 13.1. The first-order valence-corrected chi connectivity index (χ1v) is 14.6. The quantitative estimate of drug-likeness (QED) is 0.277. The minimum Gasteiger partial charge on any atom is -0.352 e. The predicted molar refractivity (Wildman–Crippen MR) is 145 cm³/mol. The van der Waals surface area contributed by atoms with E-state index in [0.29, 0.717) is 40.6 Å². The van der Waals surface area contributed by atoms with Crippen LogP contribution < -0.4 is 10.0 Å². The van der Waals surface area contributed by atoms with Gasteiger partial charge < -0.3 is 5.32 Å². The van der Waals surface area contributed by atoms with Crippen molar-refractivity contribution in [2.75, 3.05) is 11.3 Å². The van der Waals surface area contributed by atoms with E-state index in [-0.39, 0.29) is 10.1 Å². The van der Waals surface area contributed by atoms with Crippen molar-refractivity contribution in [2.45, 2.75) is 43.4 Å². The lowest BCUT2D eigenvalue weighted by Crippen LogP contribution is -2.24. The zero-order valence-electron chi connectivity index (χ0n) is 20.0. The van der Waals surface area contributed by atoms with Crippen molar-refractivity contribution in [1.29, 1.82) is 0 Å². The normalized spacial score (nSPS) is 17.3. The molecule has 0 radical (unpaired) electrons. The summed E-state index contributed by atoms with van der Waals surface area (Å²) < 4.78 is 31.3. The minimum absolute atomic E-state index is 0.114. The largest absolute Gasteiger partial charge is 0.352 e. The summed E-state index contributed by atoms with van der Waals surface area (Å²) in [5, 5.41) is 8.44. The number of benzene rings is 2. The minimum atomic E-state index is -3.85. The zero-order valence-corrected chi connectivity index (χ0v) is 22.4. The summed E-state index contributed by atoms with van der Waals surface area (Å²) in [4.78, 5) is 12.5. The molecule has 1 amide bonds. The number of aromatic nitrogens is 2. The number of sulfonamides is 1. The first-order valence-electron chi connectivity index (χ1n) is 11.9. The summed E-state index contributed by atoms with van der Waals surface area (Å²) in [6, 6.07) is 16.5. The second-order valence-electron chi connectivity index (χ2n) is 9.19. The molecule has 4 aromatic rings. The van der Waals surface area contributed by atoms with E-state index in [2.05, 4.69) is 23.0 Å². The molecule has 7 nitrogen and oxygen atoms in total. The third-order valence-corrected chi connectivity index (χ3v) is 9.48. The van der Waals surface area contributed by atoms with Crippen LogP contribution in [-0.2, 0) is 16.6 Å².